The molecule has 0 fully saturated rings. The number of rotatable bonds is 2. The van der Waals surface area contributed by atoms with Gasteiger partial charge in [-0.25, -0.2) is 0 Å². The fourth-order valence-electron chi connectivity index (χ4n) is 6.97. The highest BCUT2D eigenvalue weighted by Crippen LogP contribution is 2.55. The second-order valence-electron chi connectivity index (χ2n) is 12.2. The zero-order valence-electron chi connectivity index (χ0n) is 23.2. The molecular weight excluding hydrogens is 486 g/mol. The molecule has 192 valence electrons. The quantitative estimate of drug-likeness (QED) is 0.231. The molecule has 6 aromatic rings. The van der Waals surface area contributed by atoms with Gasteiger partial charge in [-0.2, -0.15) is 0 Å². The molecule has 0 saturated carbocycles. The van der Waals surface area contributed by atoms with Crippen LogP contribution in [-0.2, 0) is 10.8 Å². The predicted octanol–water partition coefficient (Wildman–Crippen LogP) is 8.97. The lowest BCUT2D eigenvalue weighted by Gasteiger charge is -2.24. The third-order valence-corrected chi connectivity index (χ3v) is 9.21. The molecule has 3 heterocycles. The van der Waals surface area contributed by atoms with Crippen molar-refractivity contribution in [2.24, 2.45) is 0 Å². The van der Waals surface area contributed by atoms with Gasteiger partial charge in [-0.15, -0.1) is 0 Å². The Labute approximate surface area is 234 Å². The van der Waals surface area contributed by atoms with Crippen molar-refractivity contribution in [1.29, 1.82) is 0 Å². The summed E-state index contributed by atoms with van der Waals surface area (Å²) in [4.78, 5) is 14.7. The van der Waals surface area contributed by atoms with Crippen LogP contribution >= 0.6 is 0 Å². The summed E-state index contributed by atoms with van der Waals surface area (Å²) in [6.07, 6.45) is 5.81. The van der Waals surface area contributed by atoms with Crippen LogP contribution in [0.4, 0.5) is 0 Å². The third-order valence-electron chi connectivity index (χ3n) is 9.21. The first-order valence-corrected chi connectivity index (χ1v) is 13.9. The van der Waals surface area contributed by atoms with Crippen molar-refractivity contribution in [3.63, 3.8) is 0 Å². The number of pyridine rings is 3. The Morgan fingerprint density at radius 3 is 2.05 bits per heavy atom. The SMILES string of the molecule is CC1(C)c2cc3c(cc2-c2ncccc21)C(C)(C)c1cc(-c2cc(-c4cccc5ccccc45)ccn2)cnc1-3. The molecule has 0 N–H and O–H groups in total. The molecule has 0 atom stereocenters. The largest absolute Gasteiger partial charge is 0.256 e. The van der Waals surface area contributed by atoms with Crippen LogP contribution in [0.2, 0.25) is 0 Å². The van der Waals surface area contributed by atoms with Gasteiger partial charge >= 0.3 is 0 Å². The van der Waals surface area contributed by atoms with E-state index < -0.39 is 0 Å². The Morgan fingerprint density at radius 1 is 0.500 bits per heavy atom. The average Bonchev–Trinajstić information content (AvgIpc) is 3.35. The number of hydrogen-bond acceptors (Lipinski definition) is 3. The number of nitrogens with zero attached hydrogens (tertiary/aromatic N) is 3. The molecule has 0 bridgehead atoms. The summed E-state index contributed by atoms with van der Waals surface area (Å²) in [6.45, 7) is 9.24. The van der Waals surface area contributed by atoms with E-state index in [0.29, 0.717) is 0 Å². The summed E-state index contributed by atoms with van der Waals surface area (Å²) in [7, 11) is 0. The molecule has 0 spiro atoms. The maximum absolute atomic E-state index is 5.09. The van der Waals surface area contributed by atoms with E-state index in [-0.39, 0.29) is 10.8 Å². The molecule has 8 rings (SSSR count). The van der Waals surface area contributed by atoms with Crippen molar-refractivity contribution in [3.8, 4) is 44.9 Å². The van der Waals surface area contributed by atoms with E-state index in [4.69, 9.17) is 15.0 Å². The molecule has 3 heteroatoms. The van der Waals surface area contributed by atoms with E-state index in [9.17, 15) is 0 Å². The van der Waals surface area contributed by atoms with Crippen LogP contribution in [0.3, 0.4) is 0 Å². The van der Waals surface area contributed by atoms with E-state index >= 15 is 0 Å². The smallest absolute Gasteiger partial charge is 0.0746 e. The fraction of sp³-hybridized carbons (Fsp3) is 0.162. The molecule has 40 heavy (non-hydrogen) atoms. The number of benzene rings is 3. The van der Waals surface area contributed by atoms with Gasteiger partial charge in [-0.3, -0.25) is 15.0 Å². The van der Waals surface area contributed by atoms with Crippen LogP contribution in [0.15, 0.2) is 104 Å². The summed E-state index contributed by atoms with van der Waals surface area (Å²) < 4.78 is 0. The fourth-order valence-corrected chi connectivity index (χ4v) is 6.97. The predicted molar refractivity (Wildman–Crippen MR) is 163 cm³/mol. The van der Waals surface area contributed by atoms with Gasteiger partial charge in [0.1, 0.15) is 0 Å². The van der Waals surface area contributed by atoms with E-state index in [1.807, 2.05) is 24.7 Å². The van der Waals surface area contributed by atoms with Crippen molar-refractivity contribution in [2.45, 2.75) is 38.5 Å². The first kappa shape index (κ1) is 23.3. The van der Waals surface area contributed by atoms with E-state index in [2.05, 4.69) is 107 Å². The van der Waals surface area contributed by atoms with Crippen molar-refractivity contribution >= 4 is 10.8 Å². The van der Waals surface area contributed by atoms with Crippen LogP contribution in [-0.4, -0.2) is 15.0 Å². The lowest BCUT2D eigenvalue weighted by molar-refractivity contribution is 0.651. The summed E-state index contributed by atoms with van der Waals surface area (Å²) >= 11 is 0. The van der Waals surface area contributed by atoms with Crippen molar-refractivity contribution in [2.75, 3.05) is 0 Å². The van der Waals surface area contributed by atoms with Crippen molar-refractivity contribution in [3.05, 3.63) is 126 Å². The average molecular weight is 516 g/mol. The maximum atomic E-state index is 5.09. The van der Waals surface area contributed by atoms with Crippen LogP contribution in [0.5, 0.6) is 0 Å². The Kier molecular flexibility index (Phi) is 4.63. The van der Waals surface area contributed by atoms with E-state index in [0.717, 1.165) is 28.2 Å². The van der Waals surface area contributed by atoms with Crippen molar-refractivity contribution in [1.82, 2.24) is 15.0 Å². The Balaban J connectivity index is 1.25. The highest BCUT2D eigenvalue weighted by Gasteiger charge is 2.42. The normalized spacial score (nSPS) is 15.4. The minimum absolute atomic E-state index is 0.0905. The van der Waals surface area contributed by atoms with Crippen LogP contribution in [0.25, 0.3) is 55.7 Å². The van der Waals surface area contributed by atoms with Crippen LogP contribution < -0.4 is 0 Å². The molecule has 0 unspecified atom stereocenters. The second-order valence-corrected chi connectivity index (χ2v) is 12.2. The monoisotopic (exact) mass is 515 g/mol. The zero-order chi connectivity index (χ0) is 27.2. The van der Waals surface area contributed by atoms with Gasteiger partial charge in [0.25, 0.3) is 0 Å². The Hall–Kier alpha value is -4.63. The summed E-state index contributed by atoms with van der Waals surface area (Å²) in [5.41, 5.74) is 14.0. The molecule has 3 aromatic heterocycles. The van der Waals surface area contributed by atoms with E-state index in [1.54, 1.807) is 0 Å². The number of aromatic nitrogens is 3. The summed E-state index contributed by atoms with van der Waals surface area (Å²) in [5, 5.41) is 2.49. The maximum Gasteiger partial charge on any atom is 0.0746 e. The highest BCUT2D eigenvalue weighted by atomic mass is 14.7. The molecule has 3 aromatic carbocycles. The number of hydrogen-bond donors (Lipinski definition) is 0. The van der Waals surface area contributed by atoms with Crippen LogP contribution in [0.1, 0.15) is 49.9 Å². The molecule has 0 amide bonds. The van der Waals surface area contributed by atoms with Crippen LogP contribution in [0, 0.1) is 0 Å². The first-order valence-electron chi connectivity index (χ1n) is 13.9. The molecule has 2 aliphatic carbocycles. The minimum atomic E-state index is -0.183. The summed E-state index contributed by atoms with van der Waals surface area (Å²) in [6, 6.07) is 30.6. The van der Waals surface area contributed by atoms with Gasteiger partial charge in [-0.1, -0.05) is 76.2 Å². The van der Waals surface area contributed by atoms with Gasteiger partial charge < -0.3 is 0 Å². The van der Waals surface area contributed by atoms with Crippen molar-refractivity contribution < 1.29 is 0 Å². The van der Waals surface area contributed by atoms with E-state index in [1.165, 1.54) is 49.7 Å². The third kappa shape index (κ3) is 3.09. The van der Waals surface area contributed by atoms with Gasteiger partial charge in [0.2, 0.25) is 0 Å². The topological polar surface area (TPSA) is 38.7 Å². The van der Waals surface area contributed by atoms with Gasteiger partial charge in [-0.05, 0) is 80.6 Å². The summed E-state index contributed by atoms with van der Waals surface area (Å²) in [5.74, 6) is 0. The molecule has 0 saturated heterocycles. The van der Waals surface area contributed by atoms with Gasteiger partial charge in [0, 0.05) is 46.1 Å². The standard InChI is InChI=1S/C37H29N3/c1-36(2)29-13-8-15-39-34(29)27-19-31-28(20-30(27)36)35-32(37(31,3)4)17-24(21-40-35)33-18-23(14-16-38-33)26-12-7-10-22-9-5-6-11-25(22)26/h5-21H,1-4H3. The first-order chi connectivity index (χ1) is 19.3. The lowest BCUT2D eigenvalue weighted by Crippen LogP contribution is -2.17. The van der Waals surface area contributed by atoms with Gasteiger partial charge in [0.05, 0.1) is 17.1 Å². The zero-order valence-corrected chi connectivity index (χ0v) is 23.2. The Bertz CT molecular complexity index is 2010. The minimum Gasteiger partial charge on any atom is -0.256 e. The highest BCUT2D eigenvalue weighted by molar-refractivity contribution is 5.97. The molecular formula is C37H29N3. The van der Waals surface area contributed by atoms with Gasteiger partial charge in [0.15, 0.2) is 0 Å². The molecule has 2 aliphatic rings. The number of fused-ring (bicyclic) bond motifs is 7. The molecule has 0 radical (unpaired) electrons. The second kappa shape index (κ2) is 7.95. The molecule has 3 nitrogen and oxygen atoms in total. The molecule has 0 aliphatic heterocycles. The Morgan fingerprint density at radius 2 is 1.23 bits per heavy atom. The lowest BCUT2D eigenvalue weighted by atomic mass is 9.79.